The minimum Gasteiger partial charge on any atom is -0.492 e. The average molecular weight is 310 g/mol. The van der Waals surface area contributed by atoms with Crippen molar-refractivity contribution in [2.45, 2.75) is 18.6 Å². The summed E-state index contributed by atoms with van der Waals surface area (Å²) in [5, 5.41) is -0.140. The van der Waals surface area contributed by atoms with Gasteiger partial charge in [-0.05, 0) is 36.8 Å². The fourth-order valence-corrected chi connectivity index (χ4v) is 2.69. The highest BCUT2D eigenvalue weighted by molar-refractivity contribution is 7.89. The predicted molar refractivity (Wildman–Crippen MR) is 78.5 cm³/mol. The number of hydrogen-bond acceptors (Lipinski definition) is 5. The molecule has 0 aliphatic rings. The zero-order chi connectivity index (χ0) is 15.3. The predicted octanol–water partition coefficient (Wildman–Crippen LogP) is 1.40. The lowest BCUT2D eigenvalue weighted by Crippen LogP contribution is -2.28. The van der Waals surface area contributed by atoms with E-state index < -0.39 is 10.0 Å². The molecule has 1 aromatic carbocycles. The third-order valence-electron chi connectivity index (χ3n) is 2.76. The smallest absolute Gasteiger partial charge is 0.274 e. The maximum Gasteiger partial charge on any atom is 0.274 e. The van der Waals surface area contributed by atoms with E-state index in [1.165, 1.54) is 12.1 Å². The molecule has 0 aliphatic carbocycles. The molecular weight excluding hydrogens is 292 g/mol. The van der Waals surface area contributed by atoms with Gasteiger partial charge in [0.25, 0.3) is 10.0 Å². The molecule has 0 fully saturated rings. The molecule has 1 heterocycles. The monoisotopic (exact) mass is 310 g/mol. The Morgan fingerprint density at radius 1 is 1.29 bits per heavy atom. The summed E-state index contributed by atoms with van der Waals surface area (Å²) >= 11 is 0. The van der Waals surface area contributed by atoms with Crippen molar-refractivity contribution < 1.29 is 17.6 Å². The van der Waals surface area contributed by atoms with Crippen LogP contribution in [0, 0.1) is 6.92 Å². The summed E-state index contributed by atoms with van der Waals surface area (Å²) in [6.07, 6.45) is 0. The standard InChI is InChI=1S/C14H18N2O4S/c1-11-3-2-4-12(9-11)19-8-7-16-21(17,18)14-6-5-13(10-15)20-14/h2-6,9,16H,7-8,10,15H2,1H3. The molecule has 6 nitrogen and oxygen atoms in total. The largest absolute Gasteiger partial charge is 0.492 e. The number of nitrogens with one attached hydrogen (secondary N) is 1. The van der Waals surface area contributed by atoms with Crippen LogP contribution in [0.4, 0.5) is 0 Å². The minimum absolute atomic E-state index is 0.140. The number of ether oxygens (including phenoxy) is 1. The van der Waals surface area contributed by atoms with Crippen LogP contribution < -0.4 is 15.2 Å². The van der Waals surface area contributed by atoms with Gasteiger partial charge in [-0.3, -0.25) is 0 Å². The SMILES string of the molecule is Cc1cccc(OCCNS(=O)(=O)c2ccc(CN)o2)c1. The summed E-state index contributed by atoms with van der Waals surface area (Å²) < 4.78 is 36.8. The minimum atomic E-state index is -3.66. The van der Waals surface area contributed by atoms with Crippen LogP contribution in [0.3, 0.4) is 0 Å². The highest BCUT2D eigenvalue weighted by Crippen LogP contribution is 2.14. The number of nitrogens with two attached hydrogens (primary N) is 1. The molecule has 0 saturated heterocycles. The Bertz CT molecular complexity index is 695. The first kappa shape index (κ1) is 15.6. The number of benzene rings is 1. The van der Waals surface area contributed by atoms with Crippen molar-refractivity contribution in [3.63, 3.8) is 0 Å². The molecule has 0 atom stereocenters. The average Bonchev–Trinajstić information content (AvgIpc) is 2.93. The Labute approximate surface area is 124 Å². The van der Waals surface area contributed by atoms with Gasteiger partial charge in [-0.2, -0.15) is 0 Å². The van der Waals surface area contributed by atoms with Crippen LogP contribution >= 0.6 is 0 Å². The van der Waals surface area contributed by atoms with Gasteiger partial charge in [0.15, 0.2) is 0 Å². The molecule has 0 radical (unpaired) electrons. The third-order valence-corrected chi connectivity index (χ3v) is 4.09. The van der Waals surface area contributed by atoms with E-state index in [9.17, 15) is 8.42 Å². The van der Waals surface area contributed by atoms with E-state index in [4.69, 9.17) is 14.9 Å². The molecule has 0 bridgehead atoms. The zero-order valence-corrected chi connectivity index (χ0v) is 12.5. The summed E-state index contributed by atoms with van der Waals surface area (Å²) in [5.74, 6) is 1.13. The quantitative estimate of drug-likeness (QED) is 0.754. The van der Waals surface area contributed by atoms with Crippen LogP contribution in [0.5, 0.6) is 5.75 Å². The fourth-order valence-electron chi connectivity index (χ4n) is 1.73. The number of hydrogen-bond donors (Lipinski definition) is 2. The van der Waals surface area contributed by atoms with Crippen LogP contribution in [0.2, 0.25) is 0 Å². The molecule has 2 rings (SSSR count). The van der Waals surface area contributed by atoms with E-state index >= 15 is 0 Å². The molecule has 3 N–H and O–H groups in total. The summed E-state index contributed by atoms with van der Waals surface area (Å²) in [6, 6.07) is 10.5. The van der Waals surface area contributed by atoms with Gasteiger partial charge in [0.05, 0.1) is 6.54 Å². The van der Waals surface area contributed by atoms with E-state index in [0.717, 1.165) is 5.56 Å². The number of furan rings is 1. The van der Waals surface area contributed by atoms with E-state index in [1.807, 2.05) is 31.2 Å². The van der Waals surface area contributed by atoms with Crippen LogP contribution in [-0.2, 0) is 16.6 Å². The summed E-state index contributed by atoms with van der Waals surface area (Å²) in [5.41, 5.74) is 6.46. The van der Waals surface area contributed by atoms with Crippen molar-refractivity contribution in [1.82, 2.24) is 4.72 Å². The molecule has 1 aromatic heterocycles. The van der Waals surface area contributed by atoms with Crippen LogP contribution in [0.15, 0.2) is 45.9 Å². The van der Waals surface area contributed by atoms with E-state index in [0.29, 0.717) is 11.5 Å². The lowest BCUT2D eigenvalue weighted by Gasteiger charge is -2.07. The first-order chi connectivity index (χ1) is 10.0. The first-order valence-corrected chi connectivity index (χ1v) is 7.97. The Morgan fingerprint density at radius 2 is 2.10 bits per heavy atom. The lowest BCUT2D eigenvalue weighted by atomic mass is 10.2. The van der Waals surface area contributed by atoms with E-state index in [-0.39, 0.29) is 24.8 Å². The third kappa shape index (κ3) is 4.32. The Morgan fingerprint density at radius 3 is 2.76 bits per heavy atom. The second-order valence-electron chi connectivity index (χ2n) is 4.49. The fraction of sp³-hybridized carbons (Fsp3) is 0.286. The van der Waals surface area contributed by atoms with Crippen molar-refractivity contribution in [2.24, 2.45) is 5.73 Å². The van der Waals surface area contributed by atoms with Gasteiger partial charge in [-0.25, -0.2) is 13.1 Å². The molecule has 21 heavy (non-hydrogen) atoms. The Hall–Kier alpha value is -1.83. The van der Waals surface area contributed by atoms with E-state index in [1.54, 1.807) is 0 Å². The van der Waals surface area contributed by atoms with Crippen LogP contribution in [-0.4, -0.2) is 21.6 Å². The second-order valence-corrected chi connectivity index (χ2v) is 6.19. The summed E-state index contributed by atoms with van der Waals surface area (Å²) in [4.78, 5) is 0. The highest BCUT2D eigenvalue weighted by Gasteiger charge is 2.17. The molecule has 114 valence electrons. The molecule has 7 heteroatoms. The molecule has 2 aromatic rings. The topological polar surface area (TPSA) is 94.6 Å². The number of aryl methyl sites for hydroxylation is 1. The van der Waals surface area contributed by atoms with E-state index in [2.05, 4.69) is 4.72 Å². The summed E-state index contributed by atoms with van der Waals surface area (Å²) in [7, 11) is -3.66. The Kier molecular flexibility index (Phi) is 5.00. The van der Waals surface area contributed by atoms with Crippen molar-refractivity contribution in [3.05, 3.63) is 47.7 Å². The molecule has 0 spiro atoms. The van der Waals surface area contributed by atoms with Gasteiger partial charge in [-0.15, -0.1) is 0 Å². The molecule has 0 unspecified atom stereocenters. The van der Waals surface area contributed by atoms with Crippen molar-refractivity contribution in [2.75, 3.05) is 13.2 Å². The maximum atomic E-state index is 11.9. The second kappa shape index (κ2) is 6.75. The molecular formula is C14H18N2O4S. The van der Waals surface area contributed by atoms with Gasteiger partial charge in [0.1, 0.15) is 18.1 Å². The highest BCUT2D eigenvalue weighted by atomic mass is 32.2. The lowest BCUT2D eigenvalue weighted by molar-refractivity contribution is 0.321. The molecule has 0 aliphatic heterocycles. The molecule has 0 saturated carbocycles. The number of rotatable bonds is 7. The van der Waals surface area contributed by atoms with Crippen molar-refractivity contribution >= 4 is 10.0 Å². The molecule has 0 amide bonds. The Balaban J connectivity index is 1.85. The zero-order valence-electron chi connectivity index (χ0n) is 11.7. The van der Waals surface area contributed by atoms with Crippen LogP contribution in [0.1, 0.15) is 11.3 Å². The van der Waals surface area contributed by atoms with Gasteiger partial charge >= 0.3 is 0 Å². The van der Waals surface area contributed by atoms with Gasteiger partial charge in [0.2, 0.25) is 5.09 Å². The van der Waals surface area contributed by atoms with Gasteiger partial charge < -0.3 is 14.9 Å². The maximum absolute atomic E-state index is 11.9. The van der Waals surface area contributed by atoms with Crippen molar-refractivity contribution in [1.29, 1.82) is 0 Å². The van der Waals surface area contributed by atoms with Gasteiger partial charge in [-0.1, -0.05) is 12.1 Å². The van der Waals surface area contributed by atoms with Crippen molar-refractivity contribution in [3.8, 4) is 5.75 Å². The van der Waals surface area contributed by atoms with Gasteiger partial charge in [0, 0.05) is 6.54 Å². The van der Waals surface area contributed by atoms with Crippen LogP contribution in [0.25, 0.3) is 0 Å². The number of sulfonamides is 1. The first-order valence-electron chi connectivity index (χ1n) is 6.49. The summed E-state index contributed by atoms with van der Waals surface area (Å²) in [6.45, 7) is 2.50. The normalized spacial score (nSPS) is 11.5.